The van der Waals surface area contributed by atoms with Crippen molar-refractivity contribution in [2.75, 3.05) is 17.7 Å². The summed E-state index contributed by atoms with van der Waals surface area (Å²) in [6, 6.07) is 9.17. The molecule has 1 unspecified atom stereocenters. The van der Waals surface area contributed by atoms with Gasteiger partial charge in [0.05, 0.1) is 28.4 Å². The van der Waals surface area contributed by atoms with E-state index in [4.69, 9.17) is 9.73 Å². The molecule has 6 heteroatoms. The quantitative estimate of drug-likeness (QED) is 0.697. The summed E-state index contributed by atoms with van der Waals surface area (Å²) in [5.74, 6) is 0.671. The molecular weight excluding hydrogens is 370 g/mol. The highest BCUT2D eigenvalue weighted by molar-refractivity contribution is 8.14. The first-order valence-electron chi connectivity index (χ1n) is 10.2. The molecule has 5 nitrogen and oxygen atoms in total. The van der Waals surface area contributed by atoms with Crippen LogP contribution in [0.15, 0.2) is 29.3 Å². The Kier molecular flexibility index (Phi) is 5.41. The molecular formula is C22H29N3O2S. The van der Waals surface area contributed by atoms with Crippen LogP contribution in [-0.4, -0.2) is 40.4 Å². The van der Waals surface area contributed by atoms with Crippen molar-refractivity contribution in [1.29, 1.82) is 0 Å². The summed E-state index contributed by atoms with van der Waals surface area (Å²) in [5, 5.41) is 5.91. The zero-order valence-electron chi connectivity index (χ0n) is 16.9. The largest absolute Gasteiger partial charge is 0.463 e. The van der Waals surface area contributed by atoms with Crippen molar-refractivity contribution in [1.82, 2.24) is 4.98 Å². The first-order chi connectivity index (χ1) is 13.4. The number of aliphatic imine (C=N–C) groups is 1. The number of carbonyl (C=O) groups excluding carboxylic acids is 1. The van der Waals surface area contributed by atoms with Gasteiger partial charge in [0.2, 0.25) is 0 Å². The Balaban J connectivity index is 1.47. The van der Waals surface area contributed by atoms with Crippen molar-refractivity contribution in [3.8, 4) is 0 Å². The molecule has 150 valence electrons. The van der Waals surface area contributed by atoms with Crippen LogP contribution in [0.2, 0.25) is 0 Å². The van der Waals surface area contributed by atoms with Crippen LogP contribution in [0, 0.1) is 5.41 Å². The van der Waals surface area contributed by atoms with Crippen molar-refractivity contribution in [2.24, 2.45) is 10.4 Å². The number of hydrogen-bond donors (Lipinski definition) is 2. The van der Waals surface area contributed by atoms with E-state index < -0.39 is 5.41 Å². The van der Waals surface area contributed by atoms with E-state index >= 15 is 0 Å². The topological polar surface area (TPSA) is 66.5 Å². The summed E-state index contributed by atoms with van der Waals surface area (Å²) in [5.41, 5.74) is 2.90. The molecule has 1 saturated carbocycles. The first-order valence-corrected chi connectivity index (χ1v) is 11.2. The monoisotopic (exact) mass is 399 g/mol. The Bertz CT molecular complexity index is 891. The number of hydrogen-bond acceptors (Lipinski definition) is 5. The number of carbonyl (C=O) groups is 1. The molecule has 1 atom stereocenters. The van der Waals surface area contributed by atoms with Gasteiger partial charge in [0.25, 0.3) is 0 Å². The fourth-order valence-corrected chi connectivity index (χ4v) is 4.73. The molecule has 0 bridgehead atoms. The Morgan fingerprint density at radius 3 is 2.86 bits per heavy atom. The number of thioether (sulfide) groups is 1. The van der Waals surface area contributed by atoms with Gasteiger partial charge >= 0.3 is 5.97 Å². The number of para-hydroxylation sites is 1. The lowest BCUT2D eigenvalue weighted by atomic mass is 9.97. The zero-order valence-corrected chi connectivity index (χ0v) is 17.7. The van der Waals surface area contributed by atoms with Crippen LogP contribution in [0.4, 0.5) is 5.69 Å². The molecule has 1 aromatic heterocycles. The number of fused-ring (bicyclic) bond motifs is 1. The Morgan fingerprint density at radius 1 is 1.32 bits per heavy atom. The number of H-pyrrole nitrogens is 1. The fourth-order valence-electron chi connectivity index (χ4n) is 3.72. The van der Waals surface area contributed by atoms with Crippen LogP contribution in [0.1, 0.15) is 52.1 Å². The SMILES string of the molecule is CC(C)(C)C(=O)OCC1CSC(c2cc3cccc(NC4CCCC4)c3[nH]2)=N1. The number of aromatic nitrogens is 1. The minimum Gasteiger partial charge on any atom is -0.463 e. The van der Waals surface area contributed by atoms with Crippen molar-refractivity contribution in [3.05, 3.63) is 30.0 Å². The molecule has 2 N–H and O–H groups in total. The van der Waals surface area contributed by atoms with Crippen LogP contribution in [0.5, 0.6) is 0 Å². The minimum atomic E-state index is -0.474. The predicted octanol–water partition coefficient (Wildman–Crippen LogP) is 4.97. The second kappa shape index (κ2) is 7.82. The normalized spacial score (nSPS) is 20.5. The number of nitrogens with one attached hydrogen (secondary N) is 2. The van der Waals surface area contributed by atoms with Crippen LogP contribution >= 0.6 is 11.8 Å². The second-order valence-corrected chi connectivity index (χ2v) is 9.83. The van der Waals surface area contributed by atoms with Crippen molar-refractivity contribution >= 4 is 39.4 Å². The molecule has 28 heavy (non-hydrogen) atoms. The maximum Gasteiger partial charge on any atom is 0.311 e. The number of ether oxygens (including phenoxy) is 1. The summed E-state index contributed by atoms with van der Waals surface area (Å²) in [6.45, 7) is 5.96. The van der Waals surface area contributed by atoms with E-state index in [9.17, 15) is 4.79 Å². The van der Waals surface area contributed by atoms with E-state index in [1.165, 1.54) is 36.8 Å². The van der Waals surface area contributed by atoms with E-state index in [-0.39, 0.29) is 12.0 Å². The van der Waals surface area contributed by atoms with Gasteiger partial charge in [0, 0.05) is 17.2 Å². The summed E-state index contributed by atoms with van der Waals surface area (Å²) < 4.78 is 5.45. The van der Waals surface area contributed by atoms with Crippen LogP contribution < -0.4 is 5.32 Å². The number of aromatic amines is 1. The van der Waals surface area contributed by atoms with E-state index in [1.54, 1.807) is 11.8 Å². The Hall–Kier alpha value is -1.95. The van der Waals surface area contributed by atoms with Crippen molar-refractivity contribution < 1.29 is 9.53 Å². The van der Waals surface area contributed by atoms with E-state index in [1.807, 2.05) is 20.8 Å². The highest BCUT2D eigenvalue weighted by Crippen LogP contribution is 2.31. The number of rotatable bonds is 5. The maximum absolute atomic E-state index is 12.0. The van der Waals surface area contributed by atoms with Crippen molar-refractivity contribution in [2.45, 2.75) is 58.5 Å². The van der Waals surface area contributed by atoms with Gasteiger partial charge in [-0.05, 0) is 45.7 Å². The summed E-state index contributed by atoms with van der Waals surface area (Å²) in [4.78, 5) is 20.3. The average Bonchev–Trinajstić information content (AvgIpc) is 3.39. The molecule has 4 rings (SSSR count). The Morgan fingerprint density at radius 2 is 2.11 bits per heavy atom. The summed E-state index contributed by atoms with van der Waals surface area (Å²) in [6.07, 6.45) is 5.14. The van der Waals surface area contributed by atoms with Crippen LogP contribution in [-0.2, 0) is 9.53 Å². The van der Waals surface area contributed by atoms with E-state index in [0.29, 0.717) is 12.6 Å². The number of benzene rings is 1. The standard InChI is InChI=1S/C22H29N3O2S/c1-22(2,3)21(26)27-12-16-13-28-20(24-16)18-11-14-7-6-10-17(19(14)25-18)23-15-8-4-5-9-15/h6-7,10-11,15-16,23,25H,4-5,8-9,12-13H2,1-3H3. The van der Waals surface area contributed by atoms with E-state index in [2.05, 4.69) is 34.6 Å². The third-order valence-electron chi connectivity index (χ3n) is 5.33. The van der Waals surface area contributed by atoms with Gasteiger partial charge in [-0.3, -0.25) is 9.79 Å². The second-order valence-electron chi connectivity index (χ2n) is 8.83. The minimum absolute atomic E-state index is 0.0220. The smallest absolute Gasteiger partial charge is 0.311 e. The van der Waals surface area contributed by atoms with Gasteiger partial charge in [-0.1, -0.05) is 25.0 Å². The highest BCUT2D eigenvalue weighted by atomic mass is 32.2. The number of anilines is 1. The number of esters is 1. The van der Waals surface area contributed by atoms with Crippen molar-refractivity contribution in [3.63, 3.8) is 0 Å². The van der Waals surface area contributed by atoms with Gasteiger partial charge in [-0.2, -0.15) is 0 Å². The molecule has 2 aromatic rings. The maximum atomic E-state index is 12.0. The van der Waals surface area contributed by atoms with Gasteiger partial charge < -0.3 is 15.0 Å². The molecule has 2 aliphatic rings. The molecule has 1 aliphatic heterocycles. The van der Waals surface area contributed by atoms with Gasteiger partial charge in [-0.25, -0.2) is 0 Å². The molecule has 0 radical (unpaired) electrons. The van der Waals surface area contributed by atoms with Gasteiger partial charge in [0.15, 0.2) is 0 Å². The average molecular weight is 400 g/mol. The predicted molar refractivity (Wildman–Crippen MR) is 117 cm³/mol. The molecule has 0 saturated heterocycles. The van der Waals surface area contributed by atoms with E-state index in [0.717, 1.165) is 22.0 Å². The lowest BCUT2D eigenvalue weighted by Gasteiger charge is -2.17. The molecule has 1 fully saturated rings. The van der Waals surface area contributed by atoms with Gasteiger partial charge in [-0.15, -0.1) is 11.8 Å². The lowest BCUT2D eigenvalue weighted by Crippen LogP contribution is -2.26. The highest BCUT2D eigenvalue weighted by Gasteiger charge is 2.27. The number of nitrogens with zero attached hydrogens (tertiary/aromatic N) is 1. The van der Waals surface area contributed by atoms with Gasteiger partial charge in [0.1, 0.15) is 11.7 Å². The molecule has 2 heterocycles. The Labute approximate surface area is 170 Å². The molecule has 0 spiro atoms. The van der Waals surface area contributed by atoms with Crippen LogP contribution in [0.25, 0.3) is 10.9 Å². The molecule has 0 amide bonds. The molecule has 1 aliphatic carbocycles. The first kappa shape index (κ1) is 19.4. The zero-order chi connectivity index (χ0) is 19.7. The fraction of sp³-hybridized carbons (Fsp3) is 0.545. The summed E-state index contributed by atoms with van der Waals surface area (Å²) in [7, 11) is 0. The summed E-state index contributed by atoms with van der Waals surface area (Å²) >= 11 is 1.72. The lowest BCUT2D eigenvalue weighted by molar-refractivity contribution is -0.153. The third-order valence-corrected chi connectivity index (χ3v) is 6.48. The molecule has 1 aromatic carbocycles. The van der Waals surface area contributed by atoms with Crippen LogP contribution in [0.3, 0.4) is 0 Å². The third kappa shape index (κ3) is 4.22.